The van der Waals surface area contributed by atoms with Crippen molar-refractivity contribution in [1.82, 2.24) is 9.97 Å². The smallest absolute Gasteiger partial charge is 0.350 e. The number of benzene rings is 3. The second-order valence-corrected chi connectivity index (χ2v) is 16.3. The predicted octanol–water partition coefficient (Wildman–Crippen LogP) is 10.2. The number of anilines is 1. The Bertz CT molecular complexity index is 1880. The number of rotatable bonds is 4. The van der Waals surface area contributed by atoms with Crippen LogP contribution in [-0.2, 0) is 14.2 Å². The highest BCUT2D eigenvalue weighted by Crippen LogP contribution is 2.61. The predicted molar refractivity (Wildman–Crippen MR) is 202 cm³/mol. The van der Waals surface area contributed by atoms with E-state index in [1.54, 1.807) is 43.5 Å². The Hall–Kier alpha value is -3.75. The maximum absolute atomic E-state index is 13.3. The highest BCUT2D eigenvalue weighted by Gasteiger charge is 2.23. The van der Waals surface area contributed by atoms with Crippen LogP contribution in [0.3, 0.4) is 0 Å². The minimum Gasteiger partial charge on any atom is -0.497 e. The van der Waals surface area contributed by atoms with Crippen molar-refractivity contribution in [3.63, 3.8) is 0 Å². The van der Waals surface area contributed by atoms with Gasteiger partial charge in [-0.05, 0) is 95.2 Å². The summed E-state index contributed by atoms with van der Waals surface area (Å²) in [5.74, 6) is -3.69. The Morgan fingerprint density at radius 1 is 0.846 bits per heavy atom. The first-order valence-electron chi connectivity index (χ1n) is 13.4. The largest absolute Gasteiger partial charge is 0.497 e. The molecule has 52 heavy (non-hydrogen) atoms. The maximum atomic E-state index is 13.3. The molecule has 5 N–H and O–H groups in total. The minimum atomic E-state index is -3.22. The number of methoxy groups -OCH3 is 2. The normalized spacial score (nSPS) is 9.73. The van der Waals surface area contributed by atoms with Crippen molar-refractivity contribution in [2.45, 2.75) is 20.5 Å². The topological polar surface area (TPSA) is 182 Å². The number of carboxylic acids is 2. The lowest BCUT2D eigenvalue weighted by Crippen LogP contribution is -2.24. The molecule has 0 unspecified atom stereocenters. The lowest BCUT2D eigenvalue weighted by atomic mass is 10.2. The van der Waals surface area contributed by atoms with Gasteiger partial charge in [0.25, 0.3) is 6.17 Å². The summed E-state index contributed by atoms with van der Waals surface area (Å²) >= 11 is 25.2. The number of aliphatic carboxylic acids is 2. The maximum Gasteiger partial charge on any atom is 0.350 e. The lowest BCUT2D eigenvalue weighted by molar-refractivity contribution is -0.155. The van der Waals surface area contributed by atoms with E-state index in [9.17, 15) is 27.3 Å². The summed E-state index contributed by atoms with van der Waals surface area (Å²) in [6, 6.07) is 19.6. The van der Waals surface area contributed by atoms with E-state index < -0.39 is 29.1 Å². The summed E-state index contributed by atoms with van der Waals surface area (Å²) < 4.78 is 57.1. The SMILES string of the molecule is C.CO.COc1ccc2nc(Cl)c(F)c(Cl)c2c1.COc1ccc2ncc(F)cc2c1.Cc1ccc(N)cc1.O=C(O)C(F)C(=O)O.O=P(Cl)(Cl)Cl. The number of fused-ring (bicyclic) bond motifs is 2. The van der Waals surface area contributed by atoms with Crippen LogP contribution in [0.25, 0.3) is 21.8 Å². The molecule has 0 fully saturated rings. The van der Waals surface area contributed by atoms with Crippen molar-refractivity contribution in [3.05, 3.63) is 100 Å². The molecular weight excluding hydrogens is 820 g/mol. The Kier molecular flexibility index (Phi) is 24.5. The zero-order valence-electron chi connectivity index (χ0n) is 26.8. The van der Waals surface area contributed by atoms with E-state index in [1.165, 1.54) is 24.9 Å². The average Bonchev–Trinajstić information content (AvgIpc) is 3.08. The quantitative estimate of drug-likeness (QED) is 0.0584. The van der Waals surface area contributed by atoms with Crippen molar-refractivity contribution in [2.75, 3.05) is 27.1 Å². The van der Waals surface area contributed by atoms with Gasteiger partial charge >= 0.3 is 17.1 Å². The third-order valence-corrected chi connectivity index (χ3v) is 6.02. The Labute approximate surface area is 321 Å². The molecule has 3 aromatic carbocycles. The van der Waals surface area contributed by atoms with Crippen molar-refractivity contribution in [3.8, 4) is 11.5 Å². The van der Waals surface area contributed by atoms with Gasteiger partial charge in [0, 0.05) is 23.6 Å². The molecule has 0 aliphatic heterocycles. The van der Waals surface area contributed by atoms with Gasteiger partial charge in [-0.15, -0.1) is 0 Å². The van der Waals surface area contributed by atoms with Crippen molar-refractivity contribution < 1.29 is 52.1 Å². The standard InChI is InChI=1S/C10H6Cl2FNO.C10H8FNO.C7H9N.C3H3FO4.CH4O.CH4.Cl3OP/c1-15-5-2-3-7-6(4-5)8(11)9(13)10(12)14-7;1-13-9-2-3-10-7(5-9)4-8(11)6-12-10;1-6-2-4-7(8)5-3-6;4-1(2(5)6)3(7)8;1-2;;1-5(2,3)4/h2-4H,1H3;2-6H,1H3;2-5H,8H2,1H3;1H,(H,5,6)(H,7,8);2H,1H3;1H4;. The number of alkyl halides is 1. The number of halogens is 8. The van der Waals surface area contributed by atoms with E-state index in [0.29, 0.717) is 22.4 Å². The number of pyridine rings is 2. The van der Waals surface area contributed by atoms with Gasteiger partial charge < -0.3 is 30.5 Å². The molecular formula is C32H34Cl5F3N3O8P. The number of hydrogen-bond donors (Lipinski definition) is 4. The highest BCUT2D eigenvalue weighted by atomic mass is 36.0. The molecule has 11 nitrogen and oxygen atoms in total. The number of aliphatic hydroxyl groups excluding tert-OH is 1. The Morgan fingerprint density at radius 2 is 1.31 bits per heavy atom. The number of nitrogens with two attached hydrogens (primary N) is 1. The van der Waals surface area contributed by atoms with Crippen LogP contribution in [0.1, 0.15) is 13.0 Å². The minimum absolute atomic E-state index is 0. The summed E-state index contributed by atoms with van der Waals surface area (Å²) in [5, 5.41) is 19.9. The van der Waals surface area contributed by atoms with Gasteiger partial charge in [-0.25, -0.2) is 27.7 Å². The number of nitrogens with zero attached hydrogens (tertiary/aromatic N) is 2. The first-order valence-corrected chi connectivity index (χ1v) is 18.6. The summed E-state index contributed by atoms with van der Waals surface area (Å²) in [5.41, 5.74) is 8.81. The fourth-order valence-corrected chi connectivity index (χ4v) is 3.64. The van der Waals surface area contributed by atoms with Crippen LogP contribution in [0, 0.1) is 18.6 Å². The van der Waals surface area contributed by atoms with Crippen LogP contribution in [0.15, 0.2) is 72.9 Å². The summed E-state index contributed by atoms with van der Waals surface area (Å²) in [6.45, 7) is 2.04. The zero-order valence-corrected chi connectivity index (χ0v) is 31.5. The Morgan fingerprint density at radius 3 is 1.73 bits per heavy atom. The van der Waals surface area contributed by atoms with Gasteiger partial charge in [0.05, 0.1) is 36.5 Å². The number of aliphatic hydroxyl groups is 1. The summed E-state index contributed by atoms with van der Waals surface area (Å²) in [6.07, 6.45) is -1.59. The van der Waals surface area contributed by atoms with Gasteiger partial charge in [-0.2, -0.15) is 0 Å². The van der Waals surface area contributed by atoms with E-state index >= 15 is 0 Å². The van der Waals surface area contributed by atoms with E-state index in [4.69, 9.17) is 53.7 Å². The van der Waals surface area contributed by atoms with Crippen LogP contribution in [-0.4, -0.2) is 64.7 Å². The van der Waals surface area contributed by atoms with Crippen molar-refractivity contribution in [1.29, 1.82) is 0 Å². The molecule has 20 heteroatoms. The number of aryl methyl sites for hydroxylation is 1. The first-order chi connectivity index (χ1) is 23.8. The van der Waals surface area contributed by atoms with Crippen LogP contribution in [0.2, 0.25) is 10.2 Å². The molecule has 0 radical (unpaired) electrons. The number of hydrogen-bond acceptors (Lipinski definition) is 9. The molecule has 0 saturated heterocycles. The highest BCUT2D eigenvalue weighted by molar-refractivity contribution is 8.24. The molecule has 5 rings (SSSR count). The first kappa shape index (κ1) is 50.4. The number of ether oxygens (including phenoxy) is 2. The number of carbonyl (C=O) groups is 2. The third-order valence-electron chi connectivity index (χ3n) is 5.40. The van der Waals surface area contributed by atoms with Crippen LogP contribution in [0.5, 0.6) is 11.5 Å². The molecule has 0 amide bonds. The van der Waals surface area contributed by atoms with E-state index in [0.717, 1.165) is 23.7 Å². The molecule has 5 aromatic rings. The number of nitrogen functional groups attached to an aromatic ring is 1. The molecule has 286 valence electrons. The molecule has 2 aromatic heterocycles. The van der Waals surface area contributed by atoms with Crippen molar-refractivity contribution in [2.24, 2.45) is 0 Å². The lowest BCUT2D eigenvalue weighted by Gasteiger charge is -2.05. The second-order valence-electron chi connectivity index (χ2n) is 8.97. The van der Waals surface area contributed by atoms with E-state index in [2.05, 4.69) is 43.7 Å². The molecule has 0 aliphatic carbocycles. The van der Waals surface area contributed by atoms with Crippen molar-refractivity contribution >= 4 is 102 Å². The van der Waals surface area contributed by atoms with Gasteiger partial charge in [-0.3, -0.25) is 9.55 Å². The molecule has 0 spiro atoms. The molecule has 2 heterocycles. The van der Waals surface area contributed by atoms with Gasteiger partial charge in [0.15, 0.2) is 11.0 Å². The average molecular weight is 854 g/mol. The monoisotopic (exact) mass is 851 g/mol. The summed E-state index contributed by atoms with van der Waals surface area (Å²) in [7, 11) is 4.10. The fraction of sp³-hybridized carbons (Fsp3) is 0.188. The molecule has 0 bridgehead atoms. The van der Waals surface area contributed by atoms with E-state index in [-0.39, 0.29) is 23.4 Å². The molecule has 0 atom stereocenters. The number of aromatic nitrogens is 2. The van der Waals surface area contributed by atoms with Crippen LogP contribution >= 0.6 is 62.1 Å². The number of carboxylic acid groups (broad SMARTS) is 2. The zero-order chi connectivity index (χ0) is 39.5. The summed E-state index contributed by atoms with van der Waals surface area (Å²) in [4.78, 5) is 26.6. The van der Waals surface area contributed by atoms with Gasteiger partial charge in [0.1, 0.15) is 17.3 Å². The molecule has 0 saturated carbocycles. The van der Waals surface area contributed by atoms with E-state index in [1.807, 2.05) is 31.2 Å². The third kappa shape index (κ3) is 19.7. The van der Waals surface area contributed by atoms with Gasteiger partial charge in [-0.1, -0.05) is 48.3 Å². The molecule has 0 aliphatic rings. The second kappa shape index (κ2) is 25.3. The van der Waals surface area contributed by atoms with Crippen LogP contribution < -0.4 is 15.2 Å². The fourth-order valence-electron chi connectivity index (χ4n) is 3.16. The van der Waals surface area contributed by atoms with Gasteiger partial charge in [0.2, 0.25) is 0 Å². The van der Waals surface area contributed by atoms with Crippen LogP contribution in [0.4, 0.5) is 18.9 Å². The Balaban J connectivity index is 0.